The Hall–Kier alpha value is -1.56. The zero-order valence-electron chi connectivity index (χ0n) is 15.7. The molecule has 0 spiro atoms. The highest BCUT2D eigenvalue weighted by Gasteiger charge is 2.53. The first-order valence-corrected chi connectivity index (χ1v) is 9.84. The quantitative estimate of drug-likeness (QED) is 0.656. The summed E-state index contributed by atoms with van der Waals surface area (Å²) in [6, 6.07) is 0. The van der Waals surface area contributed by atoms with Crippen molar-refractivity contribution in [1.29, 1.82) is 0 Å². The monoisotopic (exact) mass is 345 g/mol. The van der Waals surface area contributed by atoms with E-state index in [0.717, 1.165) is 38.0 Å². The van der Waals surface area contributed by atoms with E-state index in [1.165, 1.54) is 12.8 Å². The van der Waals surface area contributed by atoms with Gasteiger partial charge < -0.3 is 19.5 Å². The number of imidazole rings is 1. The number of fused-ring (bicyclic) bond motifs is 5. The van der Waals surface area contributed by atoms with E-state index in [1.54, 1.807) is 0 Å². The van der Waals surface area contributed by atoms with E-state index in [4.69, 9.17) is 9.73 Å². The van der Waals surface area contributed by atoms with E-state index < -0.39 is 0 Å². The molecular formula is C19H31N5O. The highest BCUT2D eigenvalue weighted by atomic mass is 16.5. The van der Waals surface area contributed by atoms with Crippen LogP contribution in [0.15, 0.2) is 17.4 Å². The van der Waals surface area contributed by atoms with Crippen molar-refractivity contribution >= 4 is 5.96 Å². The molecule has 3 aliphatic heterocycles. The number of likely N-dealkylation sites (tertiary alicyclic amines) is 1. The van der Waals surface area contributed by atoms with Crippen molar-refractivity contribution in [2.24, 2.45) is 22.7 Å². The molecule has 0 amide bonds. The maximum Gasteiger partial charge on any atom is 0.194 e. The molecule has 1 aromatic rings. The largest absolute Gasteiger partial charge is 0.374 e. The fourth-order valence-corrected chi connectivity index (χ4v) is 4.76. The number of hydrogen-bond donors (Lipinski definition) is 1. The number of hydrogen-bond acceptors (Lipinski definition) is 3. The third-order valence-corrected chi connectivity index (χ3v) is 5.82. The van der Waals surface area contributed by atoms with Gasteiger partial charge in [-0.25, -0.2) is 9.98 Å². The Morgan fingerprint density at radius 3 is 2.68 bits per heavy atom. The van der Waals surface area contributed by atoms with Crippen molar-refractivity contribution in [3.63, 3.8) is 0 Å². The van der Waals surface area contributed by atoms with E-state index in [-0.39, 0.29) is 0 Å². The number of nitrogens with one attached hydrogen (secondary N) is 1. The molecule has 4 unspecified atom stereocenters. The van der Waals surface area contributed by atoms with Crippen LogP contribution >= 0.6 is 0 Å². The molecule has 0 radical (unpaired) electrons. The molecular weight excluding hydrogens is 314 g/mol. The van der Waals surface area contributed by atoms with Crippen LogP contribution in [0, 0.1) is 17.8 Å². The van der Waals surface area contributed by atoms with Crippen LogP contribution in [0.25, 0.3) is 0 Å². The van der Waals surface area contributed by atoms with Gasteiger partial charge in [-0.15, -0.1) is 0 Å². The zero-order valence-corrected chi connectivity index (χ0v) is 15.7. The Morgan fingerprint density at radius 2 is 2.04 bits per heavy atom. The second-order valence-corrected chi connectivity index (χ2v) is 8.08. The molecule has 4 heterocycles. The molecule has 1 aromatic heterocycles. The standard InChI is InChI=1S/C19H31N5O/c1-4-20-19(22-9-18-21-7-8-23(18)10-13(2)3)24-11-14-15(12-24)17-6-5-16(14)25-17/h7-8,13-17H,4-6,9-12H2,1-3H3,(H,20,22). The van der Waals surface area contributed by atoms with E-state index >= 15 is 0 Å². The lowest BCUT2D eigenvalue weighted by Gasteiger charge is -2.23. The molecule has 0 saturated carbocycles. The van der Waals surface area contributed by atoms with Gasteiger partial charge in [0, 0.05) is 50.4 Å². The molecule has 25 heavy (non-hydrogen) atoms. The summed E-state index contributed by atoms with van der Waals surface area (Å²) in [5, 5.41) is 3.48. The SMILES string of the molecule is CCNC(=NCc1nccn1CC(C)C)N1CC2C3CCC(O3)C2C1. The predicted octanol–water partition coefficient (Wildman–Crippen LogP) is 2.11. The average molecular weight is 345 g/mol. The van der Waals surface area contributed by atoms with Crippen molar-refractivity contribution < 1.29 is 4.74 Å². The summed E-state index contributed by atoms with van der Waals surface area (Å²) in [5.74, 6) is 4.09. The molecule has 0 aromatic carbocycles. The van der Waals surface area contributed by atoms with Gasteiger partial charge in [-0.05, 0) is 25.7 Å². The van der Waals surface area contributed by atoms with Crippen LogP contribution in [0.5, 0.6) is 0 Å². The van der Waals surface area contributed by atoms with Crippen LogP contribution in [-0.4, -0.2) is 52.3 Å². The molecule has 138 valence electrons. The number of aliphatic imine (C=N–C) groups is 1. The molecule has 1 N–H and O–H groups in total. The van der Waals surface area contributed by atoms with Crippen molar-refractivity contribution in [2.75, 3.05) is 19.6 Å². The Kier molecular flexibility index (Phi) is 4.71. The second kappa shape index (κ2) is 6.98. The van der Waals surface area contributed by atoms with Crippen LogP contribution in [-0.2, 0) is 17.8 Å². The summed E-state index contributed by atoms with van der Waals surface area (Å²) in [7, 11) is 0. The number of nitrogens with zero attached hydrogens (tertiary/aromatic N) is 4. The molecule has 6 heteroatoms. The summed E-state index contributed by atoms with van der Waals surface area (Å²) in [6.45, 7) is 11.3. The molecule has 4 atom stereocenters. The second-order valence-electron chi connectivity index (χ2n) is 8.08. The van der Waals surface area contributed by atoms with E-state index in [2.05, 4.69) is 46.7 Å². The van der Waals surface area contributed by atoms with Crippen molar-refractivity contribution in [1.82, 2.24) is 19.8 Å². The molecule has 4 rings (SSSR count). The first-order valence-electron chi connectivity index (χ1n) is 9.84. The summed E-state index contributed by atoms with van der Waals surface area (Å²) < 4.78 is 8.33. The number of aromatic nitrogens is 2. The fourth-order valence-electron chi connectivity index (χ4n) is 4.76. The zero-order chi connectivity index (χ0) is 17.4. The maximum absolute atomic E-state index is 6.10. The third-order valence-electron chi connectivity index (χ3n) is 5.82. The molecule has 3 aliphatic rings. The highest BCUT2D eigenvalue weighted by Crippen LogP contribution is 2.47. The average Bonchev–Trinajstić information content (AvgIpc) is 3.32. The fraction of sp³-hybridized carbons (Fsp3) is 0.789. The first kappa shape index (κ1) is 16.9. The van der Waals surface area contributed by atoms with Crippen molar-refractivity contribution in [3.8, 4) is 0 Å². The van der Waals surface area contributed by atoms with E-state index in [9.17, 15) is 0 Å². The summed E-state index contributed by atoms with van der Waals surface area (Å²) >= 11 is 0. The van der Waals surface area contributed by atoms with Gasteiger partial charge in [0.15, 0.2) is 5.96 Å². The van der Waals surface area contributed by atoms with Gasteiger partial charge in [0.1, 0.15) is 12.4 Å². The van der Waals surface area contributed by atoms with Crippen LogP contribution in [0.3, 0.4) is 0 Å². The predicted molar refractivity (Wildman–Crippen MR) is 98.3 cm³/mol. The van der Waals surface area contributed by atoms with Crippen molar-refractivity contribution in [2.45, 2.75) is 58.9 Å². The van der Waals surface area contributed by atoms with Gasteiger partial charge in [-0.3, -0.25) is 0 Å². The number of ether oxygens (including phenoxy) is 1. The van der Waals surface area contributed by atoms with Crippen LogP contribution < -0.4 is 5.32 Å². The Morgan fingerprint density at radius 1 is 1.32 bits per heavy atom. The number of guanidine groups is 1. The van der Waals surface area contributed by atoms with Gasteiger partial charge in [-0.2, -0.15) is 0 Å². The van der Waals surface area contributed by atoms with Crippen LogP contribution in [0.1, 0.15) is 39.4 Å². The van der Waals surface area contributed by atoms with Gasteiger partial charge in [0.05, 0.1) is 12.2 Å². The van der Waals surface area contributed by atoms with E-state index in [0.29, 0.717) is 36.5 Å². The normalized spacial score (nSPS) is 31.2. The summed E-state index contributed by atoms with van der Waals surface area (Å²) in [5.41, 5.74) is 0. The molecule has 3 fully saturated rings. The summed E-state index contributed by atoms with van der Waals surface area (Å²) in [6.07, 6.45) is 7.43. The summed E-state index contributed by atoms with van der Waals surface area (Å²) in [4.78, 5) is 11.9. The Balaban J connectivity index is 1.45. The molecule has 0 aliphatic carbocycles. The minimum absolute atomic E-state index is 0.493. The van der Waals surface area contributed by atoms with E-state index in [1.807, 2.05) is 6.20 Å². The molecule has 6 nitrogen and oxygen atoms in total. The van der Waals surface area contributed by atoms with Gasteiger partial charge in [0.25, 0.3) is 0 Å². The Bertz CT molecular complexity index is 607. The van der Waals surface area contributed by atoms with Gasteiger partial charge in [0.2, 0.25) is 0 Å². The van der Waals surface area contributed by atoms with Crippen molar-refractivity contribution in [3.05, 3.63) is 18.2 Å². The lowest BCUT2D eigenvalue weighted by Crippen LogP contribution is -2.41. The molecule has 3 saturated heterocycles. The smallest absolute Gasteiger partial charge is 0.194 e. The highest BCUT2D eigenvalue weighted by molar-refractivity contribution is 5.80. The topological polar surface area (TPSA) is 54.7 Å². The molecule has 2 bridgehead atoms. The van der Waals surface area contributed by atoms with Gasteiger partial charge in [-0.1, -0.05) is 13.8 Å². The minimum atomic E-state index is 0.493. The lowest BCUT2D eigenvalue weighted by molar-refractivity contribution is 0.0767. The van der Waals surface area contributed by atoms with Crippen LogP contribution in [0.2, 0.25) is 0 Å². The third kappa shape index (κ3) is 3.28. The van der Waals surface area contributed by atoms with Crippen LogP contribution in [0.4, 0.5) is 0 Å². The van der Waals surface area contributed by atoms with Gasteiger partial charge >= 0.3 is 0 Å². The first-order chi connectivity index (χ1) is 12.2. The minimum Gasteiger partial charge on any atom is -0.374 e. The maximum atomic E-state index is 6.10. The number of rotatable bonds is 5. The lowest BCUT2D eigenvalue weighted by atomic mass is 9.82. The Labute approximate surface area is 150 Å².